The zero-order chi connectivity index (χ0) is 26.3. The summed E-state index contributed by atoms with van der Waals surface area (Å²) in [4.78, 5) is 25.3. The molecule has 1 fully saturated rings. The van der Waals surface area contributed by atoms with Gasteiger partial charge in [0.25, 0.3) is 5.91 Å². The first-order chi connectivity index (χ1) is 18.6. The summed E-state index contributed by atoms with van der Waals surface area (Å²) in [6.45, 7) is 0.255. The van der Waals surface area contributed by atoms with E-state index in [9.17, 15) is 14.7 Å². The first-order valence-electron chi connectivity index (χ1n) is 12.6. The van der Waals surface area contributed by atoms with Crippen molar-refractivity contribution in [2.45, 2.75) is 44.1 Å². The molecule has 0 radical (unpaired) electrons. The Balaban J connectivity index is 1.07. The third-order valence-corrected chi connectivity index (χ3v) is 6.55. The number of fused-ring (bicyclic) bond motifs is 1. The number of aliphatic hydroxyl groups excluding tert-OH is 1. The van der Waals surface area contributed by atoms with Crippen LogP contribution in [0.2, 0.25) is 0 Å². The van der Waals surface area contributed by atoms with E-state index in [-0.39, 0.29) is 43.8 Å². The Morgan fingerprint density at radius 2 is 1.68 bits per heavy atom. The topological polar surface area (TPSA) is 115 Å². The predicted molar refractivity (Wildman–Crippen MR) is 138 cm³/mol. The number of aliphatic hydroxyl groups is 1. The molecule has 9 heteroatoms. The second-order valence-corrected chi connectivity index (χ2v) is 9.24. The van der Waals surface area contributed by atoms with Gasteiger partial charge in [0.1, 0.15) is 17.6 Å². The summed E-state index contributed by atoms with van der Waals surface area (Å²) in [7, 11) is 0. The van der Waals surface area contributed by atoms with E-state index < -0.39 is 6.10 Å². The molecule has 1 saturated heterocycles. The largest absolute Gasteiger partial charge is 0.457 e. The molecule has 0 aliphatic carbocycles. The molecule has 2 aliphatic rings. The molecule has 9 nitrogen and oxygen atoms in total. The van der Waals surface area contributed by atoms with Crippen LogP contribution in [-0.4, -0.2) is 48.6 Å². The van der Waals surface area contributed by atoms with Gasteiger partial charge in [-0.3, -0.25) is 9.59 Å². The van der Waals surface area contributed by atoms with Crippen LogP contribution in [0.1, 0.15) is 35.2 Å². The van der Waals surface area contributed by atoms with Crippen LogP contribution in [0.25, 0.3) is 0 Å². The van der Waals surface area contributed by atoms with Gasteiger partial charge < -0.3 is 34.7 Å². The zero-order valence-electron chi connectivity index (χ0n) is 20.8. The number of ether oxygens (including phenoxy) is 4. The molecule has 198 valence electrons. The number of rotatable bonds is 9. The third-order valence-electron chi connectivity index (χ3n) is 6.55. The maximum Gasteiger partial charge on any atom is 0.251 e. The molecule has 3 N–H and O–H groups in total. The van der Waals surface area contributed by atoms with Gasteiger partial charge in [-0.15, -0.1) is 0 Å². The smallest absolute Gasteiger partial charge is 0.251 e. The summed E-state index contributed by atoms with van der Waals surface area (Å²) in [5.41, 5.74) is 1.38. The first kappa shape index (κ1) is 25.6. The highest BCUT2D eigenvalue weighted by molar-refractivity contribution is 5.95. The summed E-state index contributed by atoms with van der Waals surface area (Å²) in [5, 5.41) is 15.7. The molecule has 2 amide bonds. The summed E-state index contributed by atoms with van der Waals surface area (Å²) >= 11 is 0. The summed E-state index contributed by atoms with van der Waals surface area (Å²) in [6, 6.07) is 21.7. The maximum absolute atomic E-state index is 12.7. The molecule has 0 saturated carbocycles. The minimum Gasteiger partial charge on any atom is -0.457 e. The normalized spacial score (nSPS) is 20.0. The first-order valence-corrected chi connectivity index (χ1v) is 12.6. The highest BCUT2D eigenvalue weighted by Crippen LogP contribution is 2.32. The molecule has 3 aromatic rings. The van der Waals surface area contributed by atoms with Crippen molar-refractivity contribution in [3.05, 3.63) is 83.9 Å². The standard InChI is InChI=1S/C29H30N2O7/c32-17-27-24(31-29(34)20-8-13-25-26(14-20)36-18-35-25)12-11-23(38-27)15-28(33)30-16-19-6-9-22(10-7-19)37-21-4-2-1-3-5-21/h1-10,13-14,23-24,27,32H,11-12,15-18H2,(H,30,33)(H,31,34)/t23-,24+,27+/m0/s1. The number of carbonyl (C=O) groups excluding carboxylic acids is 2. The van der Waals surface area contributed by atoms with Gasteiger partial charge >= 0.3 is 0 Å². The van der Waals surface area contributed by atoms with E-state index in [4.69, 9.17) is 18.9 Å². The summed E-state index contributed by atoms with van der Waals surface area (Å²) in [6.07, 6.45) is 0.405. The molecule has 0 bridgehead atoms. The Labute approximate surface area is 220 Å². The quantitative estimate of drug-likeness (QED) is 0.397. The Bertz CT molecular complexity index is 1250. The lowest BCUT2D eigenvalue weighted by Crippen LogP contribution is -2.51. The number of nitrogens with one attached hydrogen (secondary N) is 2. The van der Waals surface area contributed by atoms with Crippen molar-refractivity contribution in [1.29, 1.82) is 0 Å². The average Bonchev–Trinajstić information content (AvgIpc) is 3.42. The van der Waals surface area contributed by atoms with E-state index in [1.165, 1.54) is 0 Å². The van der Waals surface area contributed by atoms with Crippen molar-refractivity contribution in [3.8, 4) is 23.0 Å². The lowest BCUT2D eigenvalue weighted by atomic mass is 9.96. The van der Waals surface area contributed by atoms with Gasteiger partial charge in [-0.25, -0.2) is 0 Å². The number of benzene rings is 3. The zero-order valence-corrected chi connectivity index (χ0v) is 20.8. The Hall–Kier alpha value is -4.08. The monoisotopic (exact) mass is 518 g/mol. The van der Waals surface area contributed by atoms with E-state index in [1.54, 1.807) is 18.2 Å². The van der Waals surface area contributed by atoms with Crippen molar-refractivity contribution < 1.29 is 33.6 Å². The minimum atomic E-state index is -0.600. The van der Waals surface area contributed by atoms with Crippen molar-refractivity contribution >= 4 is 11.8 Å². The van der Waals surface area contributed by atoms with Gasteiger partial charge in [-0.1, -0.05) is 30.3 Å². The molecule has 0 spiro atoms. The van der Waals surface area contributed by atoms with E-state index in [2.05, 4.69) is 10.6 Å². The second-order valence-electron chi connectivity index (χ2n) is 9.24. The van der Waals surface area contributed by atoms with E-state index in [1.807, 2.05) is 54.6 Å². The Morgan fingerprint density at radius 3 is 2.47 bits per heavy atom. The van der Waals surface area contributed by atoms with Crippen LogP contribution in [0.5, 0.6) is 23.0 Å². The molecule has 2 aliphatic heterocycles. The molecule has 0 unspecified atom stereocenters. The van der Waals surface area contributed by atoms with Gasteiger partial charge in [0.05, 0.1) is 25.2 Å². The number of carbonyl (C=O) groups is 2. The number of hydrogen-bond donors (Lipinski definition) is 3. The molecular weight excluding hydrogens is 488 g/mol. The fourth-order valence-electron chi connectivity index (χ4n) is 4.52. The fraction of sp³-hybridized carbons (Fsp3) is 0.310. The van der Waals surface area contributed by atoms with Crippen LogP contribution < -0.4 is 24.8 Å². The van der Waals surface area contributed by atoms with Crippen LogP contribution in [0, 0.1) is 0 Å². The van der Waals surface area contributed by atoms with Gasteiger partial charge in [-0.2, -0.15) is 0 Å². The Kier molecular flexibility index (Phi) is 8.06. The highest BCUT2D eigenvalue weighted by atomic mass is 16.7. The summed E-state index contributed by atoms with van der Waals surface area (Å²) < 4.78 is 22.4. The van der Waals surface area contributed by atoms with Crippen LogP contribution in [-0.2, 0) is 16.1 Å². The Morgan fingerprint density at radius 1 is 0.921 bits per heavy atom. The van der Waals surface area contributed by atoms with E-state index >= 15 is 0 Å². The highest BCUT2D eigenvalue weighted by Gasteiger charge is 2.33. The number of hydrogen-bond acceptors (Lipinski definition) is 7. The molecular formula is C29H30N2O7. The second kappa shape index (κ2) is 12.0. The molecule has 2 heterocycles. The predicted octanol–water partition coefficient (Wildman–Crippen LogP) is 3.55. The molecule has 38 heavy (non-hydrogen) atoms. The van der Waals surface area contributed by atoms with Crippen LogP contribution in [0.3, 0.4) is 0 Å². The number of amides is 2. The van der Waals surface area contributed by atoms with E-state index in [0.717, 1.165) is 17.1 Å². The third kappa shape index (κ3) is 6.42. The fourth-order valence-corrected chi connectivity index (χ4v) is 4.52. The van der Waals surface area contributed by atoms with Crippen molar-refractivity contribution in [3.63, 3.8) is 0 Å². The number of para-hydroxylation sites is 1. The van der Waals surface area contributed by atoms with Crippen molar-refractivity contribution in [1.82, 2.24) is 10.6 Å². The maximum atomic E-state index is 12.7. The molecule has 3 atom stereocenters. The molecule has 3 aromatic carbocycles. The van der Waals surface area contributed by atoms with Crippen molar-refractivity contribution in [2.24, 2.45) is 0 Å². The lowest BCUT2D eigenvalue weighted by Gasteiger charge is -2.36. The van der Waals surface area contributed by atoms with E-state index in [0.29, 0.717) is 36.4 Å². The van der Waals surface area contributed by atoms with Crippen LogP contribution in [0.15, 0.2) is 72.8 Å². The van der Waals surface area contributed by atoms with Crippen LogP contribution >= 0.6 is 0 Å². The van der Waals surface area contributed by atoms with Crippen molar-refractivity contribution in [2.75, 3.05) is 13.4 Å². The average molecular weight is 519 g/mol. The summed E-state index contributed by atoms with van der Waals surface area (Å²) in [5.74, 6) is 2.18. The van der Waals surface area contributed by atoms with Gasteiger partial charge in [-0.05, 0) is 60.9 Å². The minimum absolute atomic E-state index is 0.133. The lowest BCUT2D eigenvalue weighted by molar-refractivity contribution is -0.131. The SMILES string of the molecule is O=C(C[C@@H]1CC[C@@H](NC(=O)c2ccc3c(c2)OCO3)[C@@H](CO)O1)NCc1ccc(Oc2ccccc2)cc1. The van der Waals surface area contributed by atoms with Gasteiger partial charge in [0.2, 0.25) is 12.7 Å². The van der Waals surface area contributed by atoms with Crippen LogP contribution in [0.4, 0.5) is 0 Å². The van der Waals surface area contributed by atoms with Gasteiger partial charge in [0.15, 0.2) is 11.5 Å². The molecule has 5 rings (SSSR count). The molecule has 0 aromatic heterocycles. The van der Waals surface area contributed by atoms with Gasteiger partial charge in [0, 0.05) is 12.1 Å².